The van der Waals surface area contributed by atoms with Gasteiger partial charge in [0, 0.05) is 43.8 Å². The standard InChI is InChI=1S/C21H26N4O3/c26-21(16-4-2-10-25(14-16)20-13-22-8-9-23-20)24-17-5-1-6-18(12-17)28-15-19-7-3-11-27-19/h1,5-6,8-9,12-13,16,19H,2-4,7,10-11,14-15H2,(H,24,26)/t16-,19+/m1/s1. The van der Waals surface area contributed by atoms with Gasteiger partial charge in [0.25, 0.3) is 0 Å². The van der Waals surface area contributed by atoms with Gasteiger partial charge in [0.1, 0.15) is 18.2 Å². The Morgan fingerprint density at radius 2 is 2.25 bits per heavy atom. The number of carbonyl (C=O) groups excluding carboxylic acids is 1. The molecule has 0 unspecified atom stereocenters. The maximum absolute atomic E-state index is 12.8. The first-order valence-electron chi connectivity index (χ1n) is 9.94. The number of nitrogens with one attached hydrogen (secondary N) is 1. The summed E-state index contributed by atoms with van der Waals surface area (Å²) in [7, 11) is 0. The van der Waals surface area contributed by atoms with E-state index in [-0.39, 0.29) is 17.9 Å². The Kier molecular flexibility index (Phi) is 6.01. The fourth-order valence-corrected chi connectivity index (χ4v) is 3.73. The van der Waals surface area contributed by atoms with Gasteiger partial charge in [-0.3, -0.25) is 9.78 Å². The second kappa shape index (κ2) is 9.01. The first-order chi connectivity index (χ1) is 13.8. The molecule has 1 aromatic carbocycles. The maximum atomic E-state index is 12.8. The number of carbonyl (C=O) groups is 1. The van der Waals surface area contributed by atoms with Crippen molar-refractivity contribution < 1.29 is 14.3 Å². The molecule has 0 bridgehead atoms. The normalized spacial score (nSPS) is 22.1. The number of hydrogen-bond donors (Lipinski definition) is 1. The predicted octanol–water partition coefficient (Wildman–Crippen LogP) is 2.89. The van der Waals surface area contributed by atoms with Crippen molar-refractivity contribution in [3.63, 3.8) is 0 Å². The van der Waals surface area contributed by atoms with Crippen molar-refractivity contribution >= 4 is 17.4 Å². The molecule has 0 spiro atoms. The second-order valence-corrected chi connectivity index (χ2v) is 7.31. The molecule has 1 N–H and O–H groups in total. The number of anilines is 2. The number of piperidine rings is 1. The van der Waals surface area contributed by atoms with Crippen LogP contribution in [0.1, 0.15) is 25.7 Å². The summed E-state index contributed by atoms with van der Waals surface area (Å²) in [5.41, 5.74) is 0.756. The fraction of sp³-hybridized carbons (Fsp3) is 0.476. The van der Waals surface area contributed by atoms with Crippen LogP contribution in [0.4, 0.5) is 11.5 Å². The van der Waals surface area contributed by atoms with E-state index in [4.69, 9.17) is 9.47 Å². The predicted molar refractivity (Wildman–Crippen MR) is 107 cm³/mol. The Labute approximate surface area is 165 Å². The molecule has 28 heavy (non-hydrogen) atoms. The van der Waals surface area contributed by atoms with Gasteiger partial charge >= 0.3 is 0 Å². The zero-order chi connectivity index (χ0) is 19.2. The van der Waals surface area contributed by atoms with Crippen molar-refractivity contribution in [1.82, 2.24) is 9.97 Å². The van der Waals surface area contributed by atoms with Crippen molar-refractivity contribution in [2.45, 2.75) is 31.8 Å². The highest BCUT2D eigenvalue weighted by Gasteiger charge is 2.26. The Hall–Kier alpha value is -2.67. The first-order valence-corrected chi connectivity index (χ1v) is 9.94. The average Bonchev–Trinajstić information content (AvgIpc) is 3.27. The molecule has 148 valence electrons. The van der Waals surface area contributed by atoms with Gasteiger partial charge in [-0.1, -0.05) is 6.07 Å². The lowest BCUT2D eigenvalue weighted by Gasteiger charge is -2.32. The molecule has 2 aliphatic heterocycles. The van der Waals surface area contributed by atoms with Crippen LogP contribution >= 0.6 is 0 Å². The highest BCUT2D eigenvalue weighted by atomic mass is 16.5. The lowest BCUT2D eigenvalue weighted by Crippen LogP contribution is -2.41. The highest BCUT2D eigenvalue weighted by Crippen LogP contribution is 2.24. The van der Waals surface area contributed by atoms with Crippen LogP contribution in [0.3, 0.4) is 0 Å². The summed E-state index contributed by atoms with van der Waals surface area (Å²) in [6.07, 6.45) is 9.23. The number of amides is 1. The molecule has 1 aromatic heterocycles. The van der Waals surface area contributed by atoms with Crippen molar-refractivity contribution in [1.29, 1.82) is 0 Å². The van der Waals surface area contributed by atoms with E-state index in [0.717, 1.165) is 56.1 Å². The van der Waals surface area contributed by atoms with E-state index in [1.54, 1.807) is 18.6 Å². The fourth-order valence-electron chi connectivity index (χ4n) is 3.73. The third-order valence-electron chi connectivity index (χ3n) is 5.23. The largest absolute Gasteiger partial charge is 0.491 e. The van der Waals surface area contributed by atoms with Crippen molar-refractivity contribution in [2.75, 3.05) is 36.5 Å². The SMILES string of the molecule is O=C(Nc1cccc(OC[C@@H]2CCCO2)c1)[C@@H]1CCCN(c2cnccn2)C1. The van der Waals surface area contributed by atoms with Crippen LogP contribution in [0.25, 0.3) is 0 Å². The maximum Gasteiger partial charge on any atom is 0.229 e. The van der Waals surface area contributed by atoms with Crippen LogP contribution in [0, 0.1) is 5.92 Å². The van der Waals surface area contributed by atoms with Crippen LogP contribution in [-0.2, 0) is 9.53 Å². The molecular weight excluding hydrogens is 356 g/mol. The van der Waals surface area contributed by atoms with Gasteiger partial charge in [-0.05, 0) is 37.8 Å². The second-order valence-electron chi connectivity index (χ2n) is 7.31. The summed E-state index contributed by atoms with van der Waals surface area (Å²) >= 11 is 0. The van der Waals surface area contributed by atoms with Gasteiger partial charge < -0.3 is 19.7 Å². The van der Waals surface area contributed by atoms with Gasteiger partial charge in [0.15, 0.2) is 0 Å². The van der Waals surface area contributed by atoms with E-state index in [2.05, 4.69) is 20.2 Å². The van der Waals surface area contributed by atoms with Gasteiger partial charge in [0.2, 0.25) is 5.91 Å². The Bertz CT molecular complexity index is 780. The van der Waals surface area contributed by atoms with Crippen molar-refractivity contribution in [2.24, 2.45) is 5.92 Å². The molecule has 2 atom stereocenters. The topological polar surface area (TPSA) is 76.6 Å². The Morgan fingerprint density at radius 1 is 1.29 bits per heavy atom. The molecule has 7 nitrogen and oxygen atoms in total. The minimum atomic E-state index is -0.0766. The molecule has 2 saturated heterocycles. The number of ether oxygens (including phenoxy) is 2. The smallest absolute Gasteiger partial charge is 0.229 e. The molecule has 2 aliphatic rings. The number of benzene rings is 1. The van der Waals surface area contributed by atoms with Crippen LogP contribution < -0.4 is 15.0 Å². The quantitative estimate of drug-likeness (QED) is 0.828. The van der Waals surface area contributed by atoms with E-state index < -0.39 is 0 Å². The van der Waals surface area contributed by atoms with Gasteiger partial charge in [-0.15, -0.1) is 0 Å². The molecular formula is C21H26N4O3. The summed E-state index contributed by atoms with van der Waals surface area (Å²) in [5.74, 6) is 1.53. The summed E-state index contributed by atoms with van der Waals surface area (Å²) in [6, 6.07) is 7.56. The van der Waals surface area contributed by atoms with Gasteiger partial charge in [0.05, 0.1) is 18.2 Å². The Morgan fingerprint density at radius 3 is 3.07 bits per heavy atom. The third kappa shape index (κ3) is 4.78. The minimum absolute atomic E-state index is 0.0323. The van der Waals surface area contributed by atoms with Gasteiger partial charge in [-0.25, -0.2) is 4.98 Å². The monoisotopic (exact) mass is 382 g/mol. The first kappa shape index (κ1) is 18.7. The van der Waals surface area contributed by atoms with Crippen LogP contribution in [0.5, 0.6) is 5.75 Å². The van der Waals surface area contributed by atoms with Crippen LogP contribution in [0.2, 0.25) is 0 Å². The zero-order valence-corrected chi connectivity index (χ0v) is 15.9. The number of aromatic nitrogens is 2. The summed E-state index contributed by atoms with van der Waals surface area (Å²) in [6.45, 7) is 2.92. The van der Waals surface area contributed by atoms with E-state index >= 15 is 0 Å². The number of rotatable bonds is 6. The van der Waals surface area contributed by atoms with E-state index in [0.29, 0.717) is 13.2 Å². The molecule has 7 heteroatoms. The lowest BCUT2D eigenvalue weighted by atomic mass is 9.97. The number of nitrogens with zero attached hydrogens (tertiary/aromatic N) is 3. The van der Waals surface area contributed by atoms with E-state index in [9.17, 15) is 4.79 Å². The van der Waals surface area contributed by atoms with Crippen LogP contribution in [-0.4, -0.2) is 48.3 Å². The zero-order valence-electron chi connectivity index (χ0n) is 15.9. The molecule has 4 rings (SSSR count). The Balaban J connectivity index is 1.33. The van der Waals surface area contributed by atoms with E-state index in [1.165, 1.54) is 0 Å². The van der Waals surface area contributed by atoms with E-state index in [1.807, 2.05) is 24.3 Å². The average molecular weight is 382 g/mol. The number of hydrogen-bond acceptors (Lipinski definition) is 6. The minimum Gasteiger partial charge on any atom is -0.491 e. The summed E-state index contributed by atoms with van der Waals surface area (Å²) in [5, 5.41) is 3.04. The molecule has 0 aliphatic carbocycles. The van der Waals surface area contributed by atoms with Crippen molar-refractivity contribution in [3.8, 4) is 5.75 Å². The third-order valence-corrected chi connectivity index (χ3v) is 5.23. The van der Waals surface area contributed by atoms with Crippen LogP contribution in [0.15, 0.2) is 42.9 Å². The lowest BCUT2D eigenvalue weighted by molar-refractivity contribution is -0.120. The highest BCUT2D eigenvalue weighted by molar-refractivity contribution is 5.93. The summed E-state index contributed by atoms with van der Waals surface area (Å²) in [4.78, 5) is 23.4. The summed E-state index contributed by atoms with van der Waals surface area (Å²) < 4.78 is 11.4. The molecule has 0 saturated carbocycles. The van der Waals surface area contributed by atoms with Gasteiger partial charge in [-0.2, -0.15) is 0 Å². The molecule has 2 fully saturated rings. The molecule has 1 amide bonds. The molecule has 3 heterocycles. The molecule has 0 radical (unpaired) electrons. The van der Waals surface area contributed by atoms with Crippen molar-refractivity contribution in [3.05, 3.63) is 42.9 Å². The molecule has 2 aromatic rings.